The Kier molecular flexibility index (Phi) is 6.99. The number of thiol groups is 1. The Morgan fingerprint density at radius 3 is 2.54 bits per heavy atom. The summed E-state index contributed by atoms with van der Waals surface area (Å²) in [6, 6.07) is 0. The lowest BCUT2D eigenvalue weighted by Crippen LogP contribution is -2.21. The quantitative estimate of drug-likeness (QED) is 0.407. The number of aliphatic carboxylic acids is 1. The molecule has 0 rings (SSSR count). The fraction of sp³-hybridized carbons (Fsp3) is 0.750. The van der Waals surface area contributed by atoms with Crippen LogP contribution >= 0.6 is 24.8 Å². The lowest BCUT2D eigenvalue weighted by Gasteiger charge is -2.15. The lowest BCUT2D eigenvalue weighted by molar-refractivity contribution is -0.137. The van der Waals surface area contributed by atoms with Crippen molar-refractivity contribution in [3.8, 4) is 0 Å². The van der Waals surface area contributed by atoms with Crippen LogP contribution in [0.25, 0.3) is 0 Å². The summed E-state index contributed by atoms with van der Waals surface area (Å²) >= 11 is 8.85. The minimum atomic E-state index is -0.724. The molecule has 0 aliphatic heterocycles. The van der Waals surface area contributed by atoms with Crippen LogP contribution in [0, 0.1) is 0 Å². The van der Waals surface area contributed by atoms with Gasteiger partial charge in [0, 0.05) is 20.0 Å². The van der Waals surface area contributed by atoms with E-state index in [1.165, 1.54) is 0 Å². The third kappa shape index (κ3) is 8.05. The van der Waals surface area contributed by atoms with Gasteiger partial charge in [-0.15, -0.1) is 12.6 Å². The summed E-state index contributed by atoms with van der Waals surface area (Å²) in [5.74, 6) is -0.724. The van der Waals surface area contributed by atoms with Gasteiger partial charge in [-0.2, -0.15) is 0 Å². The van der Waals surface area contributed by atoms with Gasteiger partial charge in [0.05, 0.1) is 0 Å². The molecule has 13 heavy (non-hydrogen) atoms. The van der Waals surface area contributed by atoms with Crippen LogP contribution in [0.1, 0.15) is 25.7 Å². The standard InChI is InChI=1S/C8H15NO2S2/c1-9(8(12)13)6-4-2-3-5-7(10)11/h2-6H2,1H3,(H,10,11)(H,12,13). The molecule has 0 aliphatic carbocycles. The van der Waals surface area contributed by atoms with Gasteiger partial charge >= 0.3 is 5.97 Å². The molecular weight excluding hydrogens is 206 g/mol. The molecule has 0 bridgehead atoms. The second kappa shape index (κ2) is 7.15. The number of nitrogens with zero attached hydrogens (tertiary/aromatic N) is 1. The zero-order valence-electron chi connectivity index (χ0n) is 7.69. The molecule has 0 radical (unpaired) electrons. The number of unbranched alkanes of at least 4 members (excludes halogenated alkanes) is 2. The van der Waals surface area contributed by atoms with E-state index in [4.69, 9.17) is 17.3 Å². The number of hydrogen-bond acceptors (Lipinski definition) is 2. The Balaban J connectivity index is 3.26. The Morgan fingerprint density at radius 2 is 2.08 bits per heavy atom. The first-order chi connectivity index (χ1) is 6.04. The molecule has 0 spiro atoms. The molecule has 0 unspecified atom stereocenters. The highest BCUT2D eigenvalue weighted by Crippen LogP contribution is 2.02. The van der Waals surface area contributed by atoms with Crippen molar-refractivity contribution in [3.05, 3.63) is 0 Å². The van der Waals surface area contributed by atoms with Gasteiger partial charge in [0.25, 0.3) is 0 Å². The maximum atomic E-state index is 10.2. The molecule has 0 saturated carbocycles. The zero-order chi connectivity index (χ0) is 10.3. The highest BCUT2D eigenvalue weighted by atomic mass is 32.1. The first-order valence-corrected chi connectivity index (χ1v) is 5.05. The summed E-state index contributed by atoms with van der Waals surface area (Å²) in [5, 5.41) is 8.37. The lowest BCUT2D eigenvalue weighted by atomic mass is 10.2. The van der Waals surface area contributed by atoms with Crippen LogP contribution in [-0.4, -0.2) is 33.9 Å². The maximum absolute atomic E-state index is 10.2. The van der Waals surface area contributed by atoms with Crippen molar-refractivity contribution in [1.29, 1.82) is 0 Å². The smallest absolute Gasteiger partial charge is 0.303 e. The second-order valence-electron chi connectivity index (χ2n) is 2.91. The topological polar surface area (TPSA) is 40.5 Å². The molecule has 0 fully saturated rings. The molecule has 0 amide bonds. The van der Waals surface area contributed by atoms with Gasteiger partial charge in [0.2, 0.25) is 0 Å². The predicted octanol–water partition coefficient (Wildman–Crippen LogP) is 1.78. The first-order valence-electron chi connectivity index (χ1n) is 4.20. The Morgan fingerprint density at radius 1 is 1.46 bits per heavy atom. The van der Waals surface area contributed by atoms with Crippen molar-refractivity contribution < 1.29 is 9.90 Å². The van der Waals surface area contributed by atoms with Gasteiger partial charge in [-0.1, -0.05) is 18.6 Å². The summed E-state index contributed by atoms with van der Waals surface area (Å²) < 4.78 is 0.582. The van der Waals surface area contributed by atoms with E-state index in [2.05, 4.69) is 12.6 Å². The van der Waals surface area contributed by atoms with Crippen molar-refractivity contribution in [2.24, 2.45) is 0 Å². The van der Waals surface area contributed by atoms with E-state index in [0.29, 0.717) is 4.32 Å². The van der Waals surface area contributed by atoms with Gasteiger partial charge in [-0.3, -0.25) is 4.79 Å². The molecule has 0 atom stereocenters. The number of carboxylic acids is 1. The fourth-order valence-electron chi connectivity index (χ4n) is 0.898. The summed E-state index contributed by atoms with van der Waals surface area (Å²) in [5.41, 5.74) is 0. The second-order valence-corrected chi connectivity index (χ2v) is 4.02. The van der Waals surface area contributed by atoms with Gasteiger partial charge in [0.1, 0.15) is 4.32 Å². The zero-order valence-corrected chi connectivity index (χ0v) is 9.40. The summed E-state index contributed by atoms with van der Waals surface area (Å²) in [6.45, 7) is 0.849. The molecule has 0 aromatic rings. The molecule has 1 N–H and O–H groups in total. The van der Waals surface area contributed by atoms with E-state index >= 15 is 0 Å². The predicted molar refractivity (Wildman–Crippen MR) is 60.3 cm³/mol. The summed E-state index contributed by atoms with van der Waals surface area (Å²) in [6.07, 6.45) is 2.88. The van der Waals surface area contributed by atoms with Crippen molar-refractivity contribution in [2.45, 2.75) is 25.7 Å². The molecule has 76 valence electrons. The normalized spacial score (nSPS) is 9.69. The van der Waals surface area contributed by atoms with E-state index in [1.54, 1.807) is 0 Å². The molecule has 0 heterocycles. The van der Waals surface area contributed by atoms with E-state index in [1.807, 2.05) is 11.9 Å². The molecule has 0 aliphatic rings. The molecule has 5 heteroatoms. The molecule has 0 saturated heterocycles. The third-order valence-electron chi connectivity index (χ3n) is 1.71. The molecular formula is C8H15NO2S2. The fourth-order valence-corrected chi connectivity index (χ4v) is 1.09. The molecule has 0 aromatic heterocycles. The van der Waals surface area contributed by atoms with Crippen LogP contribution < -0.4 is 0 Å². The number of hydrogen-bond donors (Lipinski definition) is 2. The SMILES string of the molecule is CN(CCCCCC(=O)O)C(=S)S. The van der Waals surface area contributed by atoms with Gasteiger partial charge in [-0.25, -0.2) is 0 Å². The van der Waals surface area contributed by atoms with Crippen LogP contribution in [0.3, 0.4) is 0 Å². The third-order valence-corrected chi connectivity index (χ3v) is 2.36. The average Bonchev–Trinajstić information content (AvgIpc) is 2.02. The van der Waals surface area contributed by atoms with Crippen LogP contribution in [0.15, 0.2) is 0 Å². The van der Waals surface area contributed by atoms with Gasteiger partial charge in [0.15, 0.2) is 0 Å². The van der Waals surface area contributed by atoms with Crippen LogP contribution in [0.5, 0.6) is 0 Å². The minimum Gasteiger partial charge on any atom is -0.481 e. The Bertz CT molecular complexity index is 185. The highest BCUT2D eigenvalue weighted by molar-refractivity contribution is 8.10. The van der Waals surface area contributed by atoms with E-state index < -0.39 is 5.97 Å². The van der Waals surface area contributed by atoms with Crippen molar-refractivity contribution in [2.75, 3.05) is 13.6 Å². The number of thiocarbonyl (C=S) groups is 1. The van der Waals surface area contributed by atoms with Crippen LogP contribution in [0.2, 0.25) is 0 Å². The maximum Gasteiger partial charge on any atom is 0.303 e. The summed E-state index contributed by atoms with van der Waals surface area (Å²) in [7, 11) is 1.88. The Hall–Kier alpha value is -0.290. The molecule has 0 aromatic carbocycles. The monoisotopic (exact) mass is 221 g/mol. The van der Waals surface area contributed by atoms with Crippen LogP contribution in [0.4, 0.5) is 0 Å². The highest BCUT2D eigenvalue weighted by Gasteiger charge is 2.00. The van der Waals surface area contributed by atoms with Crippen molar-refractivity contribution >= 4 is 35.1 Å². The average molecular weight is 221 g/mol. The molecule has 3 nitrogen and oxygen atoms in total. The number of carbonyl (C=O) groups is 1. The van der Waals surface area contributed by atoms with Crippen molar-refractivity contribution in [3.63, 3.8) is 0 Å². The first kappa shape index (κ1) is 12.7. The van der Waals surface area contributed by atoms with E-state index in [-0.39, 0.29) is 6.42 Å². The summed E-state index contributed by atoms with van der Waals surface area (Å²) in [4.78, 5) is 12.0. The largest absolute Gasteiger partial charge is 0.481 e. The Labute approximate surface area is 89.5 Å². The number of rotatable bonds is 6. The van der Waals surface area contributed by atoms with Crippen LogP contribution in [-0.2, 0) is 4.79 Å². The number of carboxylic acid groups (broad SMARTS) is 1. The van der Waals surface area contributed by atoms with Gasteiger partial charge in [-0.05, 0) is 12.8 Å². The van der Waals surface area contributed by atoms with E-state index in [0.717, 1.165) is 25.8 Å². The van der Waals surface area contributed by atoms with Gasteiger partial charge < -0.3 is 10.0 Å². The van der Waals surface area contributed by atoms with Crippen molar-refractivity contribution in [1.82, 2.24) is 4.90 Å². The van der Waals surface area contributed by atoms with E-state index in [9.17, 15) is 4.79 Å². The minimum absolute atomic E-state index is 0.259.